The summed E-state index contributed by atoms with van der Waals surface area (Å²) in [6.07, 6.45) is 1.48. The minimum absolute atomic E-state index is 0.279. The molecule has 0 heterocycles. The molecule has 1 atom stereocenters. The number of hydrogen-bond donors (Lipinski definition) is 1. The van der Waals surface area contributed by atoms with Crippen LogP contribution in [-0.4, -0.2) is 19.3 Å². The van der Waals surface area contributed by atoms with Gasteiger partial charge in [0.15, 0.2) is 11.5 Å². The first-order valence-electron chi connectivity index (χ1n) is 6.49. The fraction of sp³-hybridized carbons (Fsp3) is 0.600. The van der Waals surface area contributed by atoms with Crippen molar-refractivity contribution in [1.29, 1.82) is 0 Å². The average molecular weight is 252 g/mol. The second kappa shape index (κ2) is 6.64. The highest BCUT2D eigenvalue weighted by Gasteiger charge is 2.21. The maximum atomic E-state index is 10.4. The Bertz CT molecular complexity index is 384. The highest BCUT2D eigenvalue weighted by atomic mass is 16.5. The number of aryl methyl sites for hydroxylation is 1. The quantitative estimate of drug-likeness (QED) is 0.842. The first-order chi connectivity index (χ1) is 8.58. The largest absolute Gasteiger partial charge is 0.493 e. The van der Waals surface area contributed by atoms with E-state index in [4.69, 9.17) is 9.47 Å². The molecular formula is C15H24O3. The number of aliphatic hydroxyl groups excluding tert-OH is 1. The van der Waals surface area contributed by atoms with Gasteiger partial charge in [0.05, 0.1) is 20.3 Å². The molecular weight excluding hydrogens is 228 g/mol. The molecule has 1 aromatic carbocycles. The van der Waals surface area contributed by atoms with Crippen LogP contribution in [-0.2, 0) is 0 Å². The van der Waals surface area contributed by atoms with Gasteiger partial charge in [-0.1, -0.05) is 26.7 Å². The summed E-state index contributed by atoms with van der Waals surface area (Å²) in [5, 5.41) is 10.4. The van der Waals surface area contributed by atoms with Crippen molar-refractivity contribution < 1.29 is 14.6 Å². The van der Waals surface area contributed by atoms with Crippen LogP contribution in [0.1, 0.15) is 43.9 Å². The molecule has 0 saturated carbocycles. The molecule has 18 heavy (non-hydrogen) atoms. The Kier molecular flexibility index (Phi) is 5.48. The molecule has 3 heteroatoms. The van der Waals surface area contributed by atoms with Gasteiger partial charge in [-0.15, -0.1) is 0 Å². The van der Waals surface area contributed by atoms with Crippen molar-refractivity contribution in [2.45, 2.75) is 39.7 Å². The number of rotatable bonds is 6. The van der Waals surface area contributed by atoms with E-state index in [1.165, 1.54) is 0 Å². The third kappa shape index (κ3) is 2.96. The van der Waals surface area contributed by atoms with E-state index in [0.29, 0.717) is 11.5 Å². The summed E-state index contributed by atoms with van der Waals surface area (Å²) in [6.45, 7) is 6.20. The van der Waals surface area contributed by atoms with Crippen LogP contribution < -0.4 is 9.47 Å². The summed E-state index contributed by atoms with van der Waals surface area (Å²) in [6, 6.07) is 3.80. The molecule has 1 N–H and O–H groups in total. The Hall–Kier alpha value is -1.22. The lowest BCUT2D eigenvalue weighted by Crippen LogP contribution is -2.12. The van der Waals surface area contributed by atoms with Gasteiger partial charge in [-0.25, -0.2) is 0 Å². The van der Waals surface area contributed by atoms with E-state index in [1.807, 2.05) is 19.1 Å². The summed E-state index contributed by atoms with van der Waals surface area (Å²) in [7, 11) is 3.23. The van der Waals surface area contributed by atoms with Crippen molar-refractivity contribution in [3.8, 4) is 11.5 Å². The molecule has 0 saturated heterocycles. The number of hydrogen-bond acceptors (Lipinski definition) is 3. The van der Waals surface area contributed by atoms with Gasteiger partial charge in [-0.05, 0) is 36.1 Å². The van der Waals surface area contributed by atoms with Gasteiger partial charge in [0.25, 0.3) is 0 Å². The van der Waals surface area contributed by atoms with Gasteiger partial charge in [0.2, 0.25) is 0 Å². The zero-order chi connectivity index (χ0) is 13.7. The topological polar surface area (TPSA) is 38.7 Å². The molecule has 102 valence electrons. The van der Waals surface area contributed by atoms with Crippen molar-refractivity contribution in [1.82, 2.24) is 0 Å². The van der Waals surface area contributed by atoms with Crippen LogP contribution in [0.5, 0.6) is 11.5 Å². The summed E-state index contributed by atoms with van der Waals surface area (Å²) in [5.41, 5.74) is 1.97. The van der Waals surface area contributed by atoms with Gasteiger partial charge in [-0.2, -0.15) is 0 Å². The van der Waals surface area contributed by atoms with Crippen LogP contribution in [0.2, 0.25) is 0 Å². The molecule has 0 aliphatic rings. The van der Waals surface area contributed by atoms with Crippen LogP contribution in [0, 0.1) is 12.8 Å². The first kappa shape index (κ1) is 14.8. The minimum atomic E-state index is -0.445. The minimum Gasteiger partial charge on any atom is -0.493 e. The van der Waals surface area contributed by atoms with Crippen LogP contribution in [0.25, 0.3) is 0 Å². The van der Waals surface area contributed by atoms with E-state index in [0.717, 1.165) is 24.0 Å². The van der Waals surface area contributed by atoms with Crippen molar-refractivity contribution >= 4 is 0 Å². The smallest absolute Gasteiger partial charge is 0.161 e. The lowest BCUT2D eigenvalue weighted by atomic mass is 9.89. The third-order valence-corrected chi connectivity index (χ3v) is 3.59. The van der Waals surface area contributed by atoms with Crippen molar-refractivity contribution in [2.24, 2.45) is 5.92 Å². The van der Waals surface area contributed by atoms with Crippen LogP contribution in [0.4, 0.5) is 0 Å². The average Bonchev–Trinajstić information content (AvgIpc) is 2.39. The molecule has 0 aliphatic carbocycles. The maximum Gasteiger partial charge on any atom is 0.161 e. The van der Waals surface area contributed by atoms with Crippen LogP contribution in [0.3, 0.4) is 0 Å². The Morgan fingerprint density at radius 2 is 1.56 bits per heavy atom. The predicted octanol–water partition coefficient (Wildman–Crippen LogP) is 3.48. The monoisotopic (exact) mass is 252 g/mol. The number of methoxy groups -OCH3 is 2. The molecule has 3 nitrogen and oxygen atoms in total. The molecule has 1 unspecified atom stereocenters. The summed E-state index contributed by atoms with van der Waals surface area (Å²) in [4.78, 5) is 0. The zero-order valence-electron chi connectivity index (χ0n) is 12.0. The lowest BCUT2D eigenvalue weighted by Gasteiger charge is -2.23. The third-order valence-electron chi connectivity index (χ3n) is 3.59. The second-order valence-corrected chi connectivity index (χ2v) is 4.59. The molecule has 1 aromatic rings. The van der Waals surface area contributed by atoms with E-state index in [1.54, 1.807) is 14.2 Å². The summed E-state index contributed by atoms with van der Waals surface area (Å²) in [5.74, 6) is 1.65. The number of aliphatic hydroxyl groups is 1. The Morgan fingerprint density at radius 1 is 1.06 bits per heavy atom. The van der Waals surface area contributed by atoms with Crippen molar-refractivity contribution in [3.05, 3.63) is 23.3 Å². The highest BCUT2D eigenvalue weighted by molar-refractivity contribution is 5.47. The molecule has 0 bridgehead atoms. The van der Waals surface area contributed by atoms with Crippen molar-refractivity contribution in [2.75, 3.05) is 14.2 Å². The molecule has 0 aliphatic heterocycles. The van der Waals surface area contributed by atoms with Gasteiger partial charge < -0.3 is 14.6 Å². The van der Waals surface area contributed by atoms with E-state index in [-0.39, 0.29) is 5.92 Å². The Labute approximate surface area is 110 Å². The highest BCUT2D eigenvalue weighted by Crippen LogP contribution is 2.36. The fourth-order valence-electron chi connectivity index (χ4n) is 2.30. The standard InChI is InChI=1S/C15H24O3/c1-6-11(7-2)15(16)12-9-14(18-5)13(17-4)8-10(12)3/h8-9,11,15-16H,6-7H2,1-5H3. The van der Waals surface area contributed by atoms with Crippen LogP contribution >= 0.6 is 0 Å². The SMILES string of the molecule is CCC(CC)C(O)c1cc(OC)c(OC)cc1C. The number of benzene rings is 1. The Balaban J connectivity index is 3.16. The van der Waals surface area contributed by atoms with Crippen LogP contribution in [0.15, 0.2) is 12.1 Å². The van der Waals surface area contributed by atoms with E-state index in [9.17, 15) is 5.11 Å². The van der Waals surface area contributed by atoms with Gasteiger partial charge >= 0.3 is 0 Å². The van der Waals surface area contributed by atoms with E-state index in [2.05, 4.69) is 13.8 Å². The van der Waals surface area contributed by atoms with Gasteiger partial charge in [0, 0.05) is 0 Å². The Morgan fingerprint density at radius 3 is 2.00 bits per heavy atom. The molecule has 0 radical (unpaired) electrons. The fourth-order valence-corrected chi connectivity index (χ4v) is 2.30. The summed E-state index contributed by atoms with van der Waals surface area (Å²) >= 11 is 0. The molecule has 0 amide bonds. The van der Waals surface area contributed by atoms with E-state index >= 15 is 0 Å². The van der Waals surface area contributed by atoms with Gasteiger partial charge in [0.1, 0.15) is 0 Å². The van der Waals surface area contributed by atoms with Crippen molar-refractivity contribution in [3.63, 3.8) is 0 Å². The molecule has 0 aromatic heterocycles. The molecule has 1 rings (SSSR count). The number of ether oxygens (including phenoxy) is 2. The summed E-state index contributed by atoms with van der Waals surface area (Å²) < 4.78 is 10.6. The second-order valence-electron chi connectivity index (χ2n) is 4.59. The van der Waals surface area contributed by atoms with Gasteiger partial charge in [-0.3, -0.25) is 0 Å². The molecule has 0 spiro atoms. The first-order valence-corrected chi connectivity index (χ1v) is 6.49. The normalized spacial score (nSPS) is 12.6. The van der Waals surface area contributed by atoms with E-state index < -0.39 is 6.10 Å². The lowest BCUT2D eigenvalue weighted by molar-refractivity contribution is 0.102. The zero-order valence-corrected chi connectivity index (χ0v) is 12.0. The molecule has 0 fully saturated rings. The maximum absolute atomic E-state index is 10.4. The predicted molar refractivity (Wildman–Crippen MR) is 73.3 cm³/mol.